The quantitative estimate of drug-likeness (QED) is 0.414. The summed E-state index contributed by atoms with van der Waals surface area (Å²) in [6.45, 7) is 10.3. The van der Waals surface area contributed by atoms with Gasteiger partial charge in [-0.3, -0.25) is 4.79 Å². The van der Waals surface area contributed by atoms with E-state index in [-0.39, 0.29) is 11.5 Å². The minimum absolute atomic E-state index is 0.185. The average Bonchev–Trinajstić information content (AvgIpc) is 3.38. The molecule has 0 spiro atoms. The highest BCUT2D eigenvalue weighted by Crippen LogP contribution is 2.62. The van der Waals surface area contributed by atoms with Crippen LogP contribution in [-0.4, -0.2) is 34.5 Å². The maximum Gasteiger partial charge on any atom is 0.292 e. The molecule has 2 bridgehead atoms. The second-order valence-corrected chi connectivity index (χ2v) is 9.00. The lowest BCUT2D eigenvalue weighted by molar-refractivity contribution is -0.438. The lowest BCUT2D eigenvalue weighted by Gasteiger charge is -2.33. The van der Waals surface area contributed by atoms with Crippen molar-refractivity contribution in [2.75, 3.05) is 0 Å². The lowest BCUT2D eigenvalue weighted by Crippen LogP contribution is -2.56. The normalized spacial score (nSPS) is 52.8. The van der Waals surface area contributed by atoms with E-state index in [4.69, 9.17) is 14.5 Å². The summed E-state index contributed by atoms with van der Waals surface area (Å²) in [5.74, 6) is -1.60. The first kappa shape index (κ1) is 17.4. The van der Waals surface area contributed by atoms with Crippen molar-refractivity contribution in [1.29, 1.82) is 0 Å². The summed E-state index contributed by atoms with van der Waals surface area (Å²) in [7, 11) is 0. The number of allylic oxidation sites excluding steroid dienone is 2. The Kier molecular flexibility index (Phi) is 3.66. The number of ketones is 1. The summed E-state index contributed by atoms with van der Waals surface area (Å²) in [6.07, 6.45) is 5.97. The van der Waals surface area contributed by atoms with Gasteiger partial charge in [-0.2, -0.15) is 4.89 Å². The zero-order valence-corrected chi connectivity index (χ0v) is 15.7. The van der Waals surface area contributed by atoms with E-state index in [1.165, 1.54) is 5.57 Å². The summed E-state index contributed by atoms with van der Waals surface area (Å²) in [6, 6.07) is 0. The molecule has 0 aromatic carbocycles. The predicted molar refractivity (Wildman–Crippen MR) is 91.3 cm³/mol. The van der Waals surface area contributed by atoms with Crippen molar-refractivity contribution < 1.29 is 24.4 Å². The van der Waals surface area contributed by atoms with E-state index in [0.717, 1.165) is 12.8 Å². The van der Waals surface area contributed by atoms with Crippen LogP contribution in [0.25, 0.3) is 0 Å². The SMILES string of the molecule is C/C1=C/C[C@@H]2OO[C@@](O)(C(=O)/C(C)=C\[C@H]3[C@@H](CC1)C3(C)C)[C@H]1O[C@]21C. The van der Waals surface area contributed by atoms with Gasteiger partial charge in [-0.05, 0) is 62.9 Å². The van der Waals surface area contributed by atoms with E-state index in [1.54, 1.807) is 6.92 Å². The molecule has 25 heavy (non-hydrogen) atoms. The van der Waals surface area contributed by atoms with E-state index in [2.05, 4.69) is 26.8 Å². The Balaban J connectivity index is 1.69. The molecule has 138 valence electrons. The molecule has 3 aliphatic heterocycles. The van der Waals surface area contributed by atoms with Crippen LogP contribution in [0.1, 0.15) is 53.9 Å². The Bertz CT molecular complexity index is 678. The maximum absolute atomic E-state index is 12.9. The summed E-state index contributed by atoms with van der Waals surface area (Å²) >= 11 is 0. The third kappa shape index (κ3) is 2.47. The highest BCUT2D eigenvalue weighted by Gasteiger charge is 2.74. The molecule has 0 unspecified atom stereocenters. The van der Waals surface area contributed by atoms with Crippen LogP contribution in [0.5, 0.6) is 0 Å². The van der Waals surface area contributed by atoms with Crippen molar-refractivity contribution in [1.82, 2.24) is 0 Å². The Morgan fingerprint density at radius 2 is 1.96 bits per heavy atom. The van der Waals surface area contributed by atoms with Crippen LogP contribution >= 0.6 is 0 Å². The number of hydrogen-bond acceptors (Lipinski definition) is 5. The van der Waals surface area contributed by atoms with Gasteiger partial charge in [0.2, 0.25) is 5.78 Å². The number of Topliss-reactive ketones (excluding diaryl/α,β-unsaturated/α-hetero) is 1. The maximum atomic E-state index is 12.9. The van der Waals surface area contributed by atoms with Crippen molar-refractivity contribution in [2.45, 2.75) is 77.5 Å². The number of fused-ring (bicyclic) bond motifs is 7. The van der Waals surface area contributed by atoms with Crippen molar-refractivity contribution in [3.05, 3.63) is 23.3 Å². The van der Waals surface area contributed by atoms with E-state index in [0.29, 0.717) is 23.8 Å². The van der Waals surface area contributed by atoms with Crippen molar-refractivity contribution in [3.8, 4) is 0 Å². The van der Waals surface area contributed by atoms with Gasteiger partial charge in [-0.25, -0.2) is 4.89 Å². The number of rotatable bonds is 0. The zero-order chi connectivity index (χ0) is 18.2. The van der Waals surface area contributed by atoms with E-state index < -0.39 is 23.3 Å². The van der Waals surface area contributed by atoms with E-state index in [1.807, 2.05) is 13.0 Å². The van der Waals surface area contributed by atoms with Gasteiger partial charge in [-0.1, -0.05) is 31.6 Å². The molecule has 1 N–H and O–H groups in total. The van der Waals surface area contributed by atoms with Crippen LogP contribution in [0.15, 0.2) is 23.3 Å². The molecule has 5 heteroatoms. The smallest absolute Gasteiger partial charge is 0.292 e. The van der Waals surface area contributed by atoms with Crippen LogP contribution in [0.2, 0.25) is 0 Å². The fourth-order valence-electron chi connectivity index (χ4n) is 4.72. The first-order valence-corrected chi connectivity index (χ1v) is 9.24. The molecule has 0 aromatic rings. The first-order valence-electron chi connectivity index (χ1n) is 9.24. The molecule has 3 fully saturated rings. The first-order chi connectivity index (χ1) is 11.6. The van der Waals surface area contributed by atoms with Crippen LogP contribution in [0.3, 0.4) is 0 Å². The van der Waals surface area contributed by atoms with Gasteiger partial charge in [0.25, 0.3) is 5.79 Å². The summed E-state index contributed by atoms with van der Waals surface area (Å²) in [5, 5.41) is 10.8. The minimum Gasteiger partial charge on any atom is -0.357 e. The topological polar surface area (TPSA) is 68.3 Å². The molecule has 0 amide bonds. The lowest BCUT2D eigenvalue weighted by atomic mass is 9.88. The van der Waals surface area contributed by atoms with Crippen molar-refractivity contribution in [3.63, 3.8) is 0 Å². The van der Waals surface area contributed by atoms with Gasteiger partial charge < -0.3 is 9.84 Å². The second kappa shape index (κ2) is 5.26. The highest BCUT2D eigenvalue weighted by molar-refractivity contribution is 6.01. The van der Waals surface area contributed by atoms with Gasteiger partial charge in [0, 0.05) is 0 Å². The number of ether oxygens (including phenoxy) is 1. The summed E-state index contributed by atoms with van der Waals surface area (Å²) < 4.78 is 5.73. The van der Waals surface area contributed by atoms with Crippen LogP contribution in [0, 0.1) is 17.3 Å². The third-order valence-corrected chi connectivity index (χ3v) is 6.90. The van der Waals surface area contributed by atoms with Crippen LogP contribution in [0.4, 0.5) is 0 Å². The molecule has 2 saturated heterocycles. The summed E-state index contributed by atoms with van der Waals surface area (Å²) in [5.41, 5.74) is 1.35. The minimum atomic E-state index is -2.05. The summed E-state index contributed by atoms with van der Waals surface area (Å²) in [4.78, 5) is 23.5. The molecule has 4 rings (SSSR count). The Hall–Kier alpha value is -1.01. The zero-order valence-electron chi connectivity index (χ0n) is 15.7. The predicted octanol–water partition coefficient (Wildman–Crippen LogP) is 3.08. The molecule has 3 heterocycles. The van der Waals surface area contributed by atoms with Gasteiger partial charge >= 0.3 is 0 Å². The number of carbonyl (C=O) groups is 1. The second-order valence-electron chi connectivity index (χ2n) is 9.00. The molecule has 4 aliphatic rings. The van der Waals surface area contributed by atoms with Crippen LogP contribution in [-0.2, 0) is 19.3 Å². The molecule has 6 atom stereocenters. The van der Waals surface area contributed by atoms with E-state index >= 15 is 0 Å². The number of aliphatic hydroxyl groups is 1. The van der Waals surface area contributed by atoms with Gasteiger partial charge in [0.15, 0.2) is 6.10 Å². The van der Waals surface area contributed by atoms with Crippen molar-refractivity contribution in [2.24, 2.45) is 17.3 Å². The Labute approximate surface area is 148 Å². The fourth-order valence-corrected chi connectivity index (χ4v) is 4.72. The Morgan fingerprint density at radius 3 is 2.68 bits per heavy atom. The molecule has 1 aliphatic carbocycles. The van der Waals surface area contributed by atoms with Gasteiger partial charge in [0.05, 0.1) is 0 Å². The molecule has 1 saturated carbocycles. The van der Waals surface area contributed by atoms with Gasteiger partial charge in [-0.15, -0.1) is 0 Å². The van der Waals surface area contributed by atoms with E-state index in [9.17, 15) is 9.90 Å². The van der Waals surface area contributed by atoms with Crippen LogP contribution < -0.4 is 0 Å². The Morgan fingerprint density at radius 1 is 1.24 bits per heavy atom. The molecular weight excluding hydrogens is 320 g/mol. The van der Waals surface area contributed by atoms with Crippen molar-refractivity contribution >= 4 is 5.78 Å². The molecular formula is C20H28O5. The molecule has 0 radical (unpaired) electrons. The third-order valence-electron chi connectivity index (χ3n) is 6.90. The molecule has 5 nitrogen and oxygen atoms in total. The number of epoxide rings is 1. The van der Waals surface area contributed by atoms with Gasteiger partial charge in [0.1, 0.15) is 11.7 Å². The fraction of sp³-hybridized carbons (Fsp3) is 0.750. The molecule has 0 aromatic heterocycles. The highest BCUT2D eigenvalue weighted by atomic mass is 17.2. The largest absolute Gasteiger partial charge is 0.357 e. The number of carbonyl (C=O) groups excluding carboxylic acids is 1. The average molecular weight is 348 g/mol. The number of hydrogen-bond donors (Lipinski definition) is 1. The standard InChI is InChI=1S/C20H28O5/c1-11-6-8-13-14(18(13,3)4)10-12(2)16(21)20(22)17-19(5,23-17)15(9-7-11)24-25-20/h7,10,13-15,17,22H,6,8-9H2,1-5H3/b11-7-,12-10-/t13-,14+,15+,17+,19-,20+/m1/s1. The monoisotopic (exact) mass is 348 g/mol.